The second kappa shape index (κ2) is 5.75. The number of ether oxygens (including phenoxy) is 2. The Balaban J connectivity index is 2.08. The third-order valence-corrected chi connectivity index (χ3v) is 3.71. The van der Waals surface area contributed by atoms with Crippen molar-refractivity contribution in [2.75, 3.05) is 14.2 Å². The molecule has 1 aromatic carbocycles. The van der Waals surface area contributed by atoms with E-state index >= 15 is 0 Å². The first-order chi connectivity index (χ1) is 9.50. The normalized spacial score (nSPS) is 25.5. The molecule has 2 rings (SSSR count). The molecular weight excluding hydrogens is 268 g/mol. The fourth-order valence-corrected chi connectivity index (χ4v) is 2.56. The van der Waals surface area contributed by atoms with Crippen LogP contribution >= 0.6 is 0 Å². The summed E-state index contributed by atoms with van der Waals surface area (Å²) >= 11 is 0. The number of likely N-dealkylation sites (N-methyl/N-ethyl adjacent to an activating group) is 1. The van der Waals surface area contributed by atoms with Gasteiger partial charge in [0, 0.05) is 12.5 Å². The molecule has 1 N–H and O–H groups in total. The number of hydrogen-bond acceptors (Lipinski definition) is 4. The van der Waals surface area contributed by atoms with Crippen molar-refractivity contribution in [3.63, 3.8) is 0 Å². The second-order valence-electron chi connectivity index (χ2n) is 4.88. The van der Waals surface area contributed by atoms with Gasteiger partial charge in [0.1, 0.15) is 17.5 Å². The summed E-state index contributed by atoms with van der Waals surface area (Å²) in [6.45, 7) is 0. The summed E-state index contributed by atoms with van der Waals surface area (Å²) in [6.07, 6.45) is 1.20. The zero-order chi connectivity index (χ0) is 14.8. The number of hydrogen-bond donors (Lipinski definition) is 1. The highest BCUT2D eigenvalue weighted by molar-refractivity contribution is 5.81. The first-order valence-electron chi connectivity index (χ1n) is 6.40. The number of esters is 1. The fraction of sp³-hybridized carbons (Fsp3) is 0.500. The van der Waals surface area contributed by atoms with Gasteiger partial charge in [0.05, 0.1) is 7.11 Å². The van der Waals surface area contributed by atoms with Gasteiger partial charge < -0.3 is 14.8 Å². The molecule has 0 radical (unpaired) electrons. The van der Waals surface area contributed by atoms with Crippen molar-refractivity contribution in [2.45, 2.75) is 30.9 Å². The average molecular weight is 285 g/mol. The molecule has 2 unspecified atom stereocenters. The molecule has 1 aliphatic carbocycles. The maximum Gasteiger partial charge on any atom is 0.326 e. The van der Waals surface area contributed by atoms with Gasteiger partial charge in [0.2, 0.25) is 0 Å². The van der Waals surface area contributed by atoms with Gasteiger partial charge in [-0.25, -0.2) is 8.78 Å². The van der Waals surface area contributed by atoms with E-state index in [0.717, 1.165) is 12.1 Å². The van der Waals surface area contributed by atoms with E-state index in [0.29, 0.717) is 19.3 Å². The van der Waals surface area contributed by atoms with Gasteiger partial charge in [0.25, 0.3) is 0 Å². The Labute approximate surface area is 116 Å². The SMILES string of the molecule is CNC1(C(=O)OC)CCC(Oc2ccc(F)cc2F)C1. The number of benzene rings is 1. The Kier molecular flexibility index (Phi) is 4.23. The highest BCUT2D eigenvalue weighted by Crippen LogP contribution is 2.34. The third-order valence-electron chi connectivity index (χ3n) is 3.71. The van der Waals surface area contributed by atoms with Crippen LogP contribution in [0.2, 0.25) is 0 Å². The molecule has 0 heterocycles. The van der Waals surface area contributed by atoms with Gasteiger partial charge in [-0.2, -0.15) is 0 Å². The molecule has 4 nitrogen and oxygen atoms in total. The van der Waals surface area contributed by atoms with Crippen molar-refractivity contribution in [3.05, 3.63) is 29.8 Å². The highest BCUT2D eigenvalue weighted by Gasteiger charge is 2.46. The largest absolute Gasteiger partial charge is 0.487 e. The Hall–Kier alpha value is -1.69. The summed E-state index contributed by atoms with van der Waals surface area (Å²) in [6, 6.07) is 3.16. The molecule has 1 saturated carbocycles. The van der Waals surface area contributed by atoms with Crippen LogP contribution in [0.25, 0.3) is 0 Å². The quantitative estimate of drug-likeness (QED) is 0.860. The number of carbonyl (C=O) groups excluding carboxylic acids is 1. The first kappa shape index (κ1) is 14.7. The van der Waals surface area contributed by atoms with Gasteiger partial charge >= 0.3 is 5.97 Å². The lowest BCUT2D eigenvalue weighted by atomic mass is 9.98. The zero-order valence-electron chi connectivity index (χ0n) is 11.4. The van der Waals surface area contributed by atoms with E-state index in [9.17, 15) is 13.6 Å². The van der Waals surface area contributed by atoms with Crippen LogP contribution in [0.4, 0.5) is 8.78 Å². The molecule has 0 bridgehead atoms. The Bertz CT molecular complexity index is 509. The maximum absolute atomic E-state index is 13.5. The topological polar surface area (TPSA) is 47.6 Å². The van der Waals surface area contributed by atoms with Crippen molar-refractivity contribution in [2.24, 2.45) is 0 Å². The van der Waals surface area contributed by atoms with Crippen LogP contribution in [-0.2, 0) is 9.53 Å². The molecule has 0 aromatic heterocycles. The average Bonchev–Trinajstić information content (AvgIpc) is 2.86. The molecule has 1 aromatic rings. The molecule has 0 amide bonds. The van der Waals surface area contributed by atoms with Crippen LogP contribution in [0.3, 0.4) is 0 Å². The zero-order valence-corrected chi connectivity index (χ0v) is 11.4. The Morgan fingerprint density at radius 2 is 2.20 bits per heavy atom. The van der Waals surface area contributed by atoms with Crippen LogP contribution in [0.15, 0.2) is 18.2 Å². The number of rotatable bonds is 4. The van der Waals surface area contributed by atoms with E-state index in [1.165, 1.54) is 13.2 Å². The van der Waals surface area contributed by atoms with Gasteiger partial charge in [0.15, 0.2) is 11.6 Å². The predicted molar refractivity (Wildman–Crippen MR) is 68.4 cm³/mol. The van der Waals surface area contributed by atoms with Gasteiger partial charge in [-0.05, 0) is 32.0 Å². The van der Waals surface area contributed by atoms with Crippen molar-refractivity contribution >= 4 is 5.97 Å². The van der Waals surface area contributed by atoms with E-state index in [1.807, 2.05) is 0 Å². The summed E-state index contributed by atoms with van der Waals surface area (Å²) in [5.74, 6) is -1.76. The first-order valence-corrected chi connectivity index (χ1v) is 6.40. The Morgan fingerprint density at radius 3 is 2.80 bits per heavy atom. The molecule has 6 heteroatoms. The van der Waals surface area contributed by atoms with E-state index in [-0.39, 0.29) is 17.8 Å². The number of halogens is 2. The highest BCUT2D eigenvalue weighted by atomic mass is 19.1. The summed E-state index contributed by atoms with van der Waals surface area (Å²) in [4.78, 5) is 11.8. The minimum atomic E-state index is -0.796. The van der Waals surface area contributed by atoms with Gasteiger partial charge in [-0.1, -0.05) is 0 Å². The van der Waals surface area contributed by atoms with Crippen LogP contribution in [0.1, 0.15) is 19.3 Å². The summed E-state index contributed by atoms with van der Waals surface area (Å²) in [5, 5.41) is 2.96. The van der Waals surface area contributed by atoms with E-state index in [1.54, 1.807) is 7.05 Å². The standard InChI is InChI=1S/C14H17F2NO3/c1-17-14(13(18)19-2)6-5-10(8-14)20-12-4-3-9(15)7-11(12)16/h3-4,7,10,17H,5-6,8H2,1-2H3. The van der Waals surface area contributed by atoms with E-state index in [2.05, 4.69) is 5.32 Å². The lowest BCUT2D eigenvalue weighted by Gasteiger charge is -2.25. The lowest BCUT2D eigenvalue weighted by molar-refractivity contribution is -0.148. The number of nitrogens with one attached hydrogen (secondary N) is 1. The van der Waals surface area contributed by atoms with Crippen LogP contribution < -0.4 is 10.1 Å². The van der Waals surface area contributed by atoms with Crippen molar-refractivity contribution in [1.29, 1.82) is 0 Å². The van der Waals surface area contributed by atoms with Crippen LogP contribution in [-0.4, -0.2) is 31.8 Å². The fourth-order valence-electron chi connectivity index (χ4n) is 2.56. The molecule has 0 spiro atoms. The predicted octanol–water partition coefficient (Wildman–Crippen LogP) is 2.03. The Morgan fingerprint density at radius 1 is 1.45 bits per heavy atom. The number of carbonyl (C=O) groups is 1. The van der Waals surface area contributed by atoms with Crippen molar-refractivity contribution < 1.29 is 23.0 Å². The van der Waals surface area contributed by atoms with Crippen LogP contribution in [0, 0.1) is 11.6 Å². The summed E-state index contributed by atoms with van der Waals surface area (Å²) < 4.78 is 36.7. The maximum atomic E-state index is 13.5. The van der Waals surface area contributed by atoms with E-state index < -0.39 is 17.2 Å². The molecular formula is C14H17F2NO3. The second-order valence-corrected chi connectivity index (χ2v) is 4.88. The summed E-state index contributed by atoms with van der Waals surface area (Å²) in [7, 11) is 3.01. The third kappa shape index (κ3) is 2.75. The van der Waals surface area contributed by atoms with Crippen molar-refractivity contribution in [3.8, 4) is 5.75 Å². The van der Waals surface area contributed by atoms with Crippen molar-refractivity contribution in [1.82, 2.24) is 5.32 Å². The van der Waals surface area contributed by atoms with Gasteiger partial charge in [-0.15, -0.1) is 0 Å². The van der Waals surface area contributed by atoms with Crippen LogP contribution in [0.5, 0.6) is 5.75 Å². The molecule has 0 aliphatic heterocycles. The molecule has 20 heavy (non-hydrogen) atoms. The smallest absolute Gasteiger partial charge is 0.326 e. The molecule has 1 fully saturated rings. The molecule has 110 valence electrons. The monoisotopic (exact) mass is 285 g/mol. The minimum Gasteiger partial charge on any atom is -0.487 e. The summed E-state index contributed by atoms with van der Waals surface area (Å²) in [5.41, 5.74) is -0.796. The molecule has 0 saturated heterocycles. The molecule has 1 aliphatic rings. The van der Waals surface area contributed by atoms with E-state index in [4.69, 9.17) is 9.47 Å². The number of methoxy groups -OCH3 is 1. The lowest BCUT2D eigenvalue weighted by Crippen LogP contribution is -2.49. The molecule has 2 atom stereocenters. The van der Waals surface area contributed by atoms with Gasteiger partial charge in [-0.3, -0.25) is 4.79 Å². The minimum absolute atomic E-state index is 0.00633.